The van der Waals surface area contributed by atoms with Crippen molar-refractivity contribution >= 4 is 0 Å². The number of hydrogen-bond acceptors (Lipinski definition) is 5. The number of rotatable bonds is 11. The second-order valence-electron chi connectivity index (χ2n) is 5.85. The maximum absolute atomic E-state index is 10.3. The summed E-state index contributed by atoms with van der Waals surface area (Å²) in [6, 6.07) is 17.5. The topological polar surface area (TPSA) is 51.2 Å². The molecule has 1 atom stereocenters. The third kappa shape index (κ3) is 7.13. The van der Waals surface area contributed by atoms with Crippen LogP contribution in [0, 0.1) is 0 Å². The zero-order valence-corrected chi connectivity index (χ0v) is 14.9. The van der Waals surface area contributed by atoms with Gasteiger partial charge in [0.2, 0.25) is 0 Å². The number of ether oxygens (including phenoxy) is 3. The van der Waals surface area contributed by atoms with Gasteiger partial charge in [0.25, 0.3) is 0 Å². The van der Waals surface area contributed by atoms with Gasteiger partial charge in [-0.3, -0.25) is 4.90 Å². The van der Waals surface area contributed by atoms with Crippen LogP contribution < -0.4 is 9.47 Å². The standard InChI is InChI=1S/C20H27NO4/c1-23-13-12-21(14-17-8-10-19(24-2)11-9-17)15-18(22)16-25-20-6-4-3-5-7-20/h3-11,18,22H,12-16H2,1-2H3/t18-/m0/s1. The molecule has 5 heteroatoms. The van der Waals surface area contributed by atoms with Crippen LogP contribution in [0.5, 0.6) is 11.5 Å². The highest BCUT2D eigenvalue weighted by molar-refractivity contribution is 5.27. The molecule has 0 aromatic heterocycles. The highest BCUT2D eigenvalue weighted by atomic mass is 16.5. The fourth-order valence-corrected chi connectivity index (χ4v) is 2.50. The van der Waals surface area contributed by atoms with E-state index in [1.165, 1.54) is 0 Å². The first kappa shape index (κ1) is 19.2. The fraction of sp³-hybridized carbons (Fsp3) is 0.400. The molecule has 0 fully saturated rings. The zero-order valence-electron chi connectivity index (χ0n) is 14.9. The van der Waals surface area contributed by atoms with Gasteiger partial charge in [-0.15, -0.1) is 0 Å². The van der Waals surface area contributed by atoms with Crippen molar-refractivity contribution in [2.24, 2.45) is 0 Å². The summed E-state index contributed by atoms with van der Waals surface area (Å²) in [5.74, 6) is 1.60. The third-order valence-electron chi connectivity index (χ3n) is 3.83. The number of hydrogen-bond donors (Lipinski definition) is 1. The minimum atomic E-state index is -0.574. The first-order valence-corrected chi connectivity index (χ1v) is 8.41. The normalized spacial score (nSPS) is 12.2. The molecule has 2 aromatic rings. The van der Waals surface area contributed by atoms with Crippen molar-refractivity contribution < 1.29 is 19.3 Å². The van der Waals surface area contributed by atoms with Crippen molar-refractivity contribution in [2.45, 2.75) is 12.6 Å². The Kier molecular flexibility index (Phi) is 8.25. The number of aliphatic hydroxyl groups is 1. The summed E-state index contributed by atoms with van der Waals surface area (Å²) in [5.41, 5.74) is 1.16. The molecule has 136 valence electrons. The predicted molar refractivity (Wildman–Crippen MR) is 98.1 cm³/mol. The molecule has 0 radical (unpaired) electrons. The van der Waals surface area contributed by atoms with E-state index in [-0.39, 0.29) is 6.61 Å². The second kappa shape index (κ2) is 10.7. The Hall–Kier alpha value is -2.08. The van der Waals surface area contributed by atoms with Crippen LogP contribution in [0.25, 0.3) is 0 Å². The predicted octanol–water partition coefficient (Wildman–Crippen LogP) is 2.58. The average molecular weight is 345 g/mol. The second-order valence-corrected chi connectivity index (χ2v) is 5.85. The van der Waals surface area contributed by atoms with Crippen LogP contribution in [0.2, 0.25) is 0 Å². The van der Waals surface area contributed by atoms with Gasteiger partial charge in [0.15, 0.2) is 0 Å². The number of benzene rings is 2. The lowest BCUT2D eigenvalue weighted by Gasteiger charge is -2.25. The van der Waals surface area contributed by atoms with E-state index in [1.807, 2.05) is 54.6 Å². The summed E-state index contributed by atoms with van der Waals surface area (Å²) in [6.07, 6.45) is -0.574. The Bertz CT molecular complexity index is 588. The van der Waals surface area contributed by atoms with Gasteiger partial charge in [0.05, 0.1) is 13.7 Å². The number of nitrogens with zero attached hydrogens (tertiary/aromatic N) is 1. The van der Waals surface area contributed by atoms with Gasteiger partial charge in [-0.1, -0.05) is 30.3 Å². The molecule has 2 rings (SSSR count). The van der Waals surface area contributed by atoms with Crippen LogP contribution >= 0.6 is 0 Å². The monoisotopic (exact) mass is 345 g/mol. The Balaban J connectivity index is 1.86. The molecular weight excluding hydrogens is 318 g/mol. The van der Waals surface area contributed by atoms with Gasteiger partial charge in [-0.2, -0.15) is 0 Å². The molecule has 0 amide bonds. The smallest absolute Gasteiger partial charge is 0.119 e. The quantitative estimate of drug-likeness (QED) is 0.678. The SMILES string of the molecule is COCCN(Cc1ccc(OC)cc1)C[C@H](O)COc1ccccc1. The van der Waals surface area contributed by atoms with E-state index in [1.54, 1.807) is 14.2 Å². The highest BCUT2D eigenvalue weighted by Crippen LogP contribution is 2.14. The highest BCUT2D eigenvalue weighted by Gasteiger charge is 2.13. The average Bonchev–Trinajstić information content (AvgIpc) is 2.66. The first-order chi connectivity index (χ1) is 12.2. The molecular formula is C20H27NO4. The summed E-state index contributed by atoms with van der Waals surface area (Å²) < 4.78 is 16.0. The van der Waals surface area contributed by atoms with Crippen LogP contribution in [0.15, 0.2) is 54.6 Å². The summed E-state index contributed by atoms with van der Waals surface area (Å²) in [5, 5.41) is 10.3. The van der Waals surface area contributed by atoms with Crippen LogP contribution in [-0.4, -0.2) is 56.6 Å². The molecule has 0 aliphatic rings. The van der Waals surface area contributed by atoms with Gasteiger partial charge < -0.3 is 19.3 Å². The Morgan fingerprint density at radius 1 is 0.960 bits per heavy atom. The Morgan fingerprint density at radius 2 is 1.68 bits per heavy atom. The van der Waals surface area contributed by atoms with Crippen molar-refractivity contribution in [1.82, 2.24) is 4.90 Å². The van der Waals surface area contributed by atoms with Crippen LogP contribution in [-0.2, 0) is 11.3 Å². The lowest BCUT2D eigenvalue weighted by Crippen LogP contribution is -2.37. The Labute approximate surface area is 149 Å². The van der Waals surface area contributed by atoms with E-state index in [4.69, 9.17) is 14.2 Å². The minimum absolute atomic E-state index is 0.260. The molecule has 0 aliphatic carbocycles. The zero-order chi connectivity index (χ0) is 17.9. The molecule has 0 unspecified atom stereocenters. The van der Waals surface area contributed by atoms with Crippen LogP contribution in [0.4, 0.5) is 0 Å². The van der Waals surface area contributed by atoms with E-state index >= 15 is 0 Å². The summed E-state index contributed by atoms with van der Waals surface area (Å²) >= 11 is 0. The van der Waals surface area contributed by atoms with Gasteiger partial charge in [0, 0.05) is 26.7 Å². The number of methoxy groups -OCH3 is 2. The van der Waals surface area contributed by atoms with Gasteiger partial charge in [-0.05, 0) is 29.8 Å². The molecule has 0 saturated carbocycles. The molecule has 0 heterocycles. The molecule has 0 saturated heterocycles. The molecule has 5 nitrogen and oxygen atoms in total. The summed E-state index contributed by atoms with van der Waals surface area (Å²) in [4.78, 5) is 2.16. The van der Waals surface area contributed by atoms with Crippen LogP contribution in [0.1, 0.15) is 5.56 Å². The van der Waals surface area contributed by atoms with E-state index < -0.39 is 6.10 Å². The van der Waals surface area contributed by atoms with Crippen molar-refractivity contribution in [3.8, 4) is 11.5 Å². The molecule has 0 aliphatic heterocycles. The van der Waals surface area contributed by atoms with E-state index in [2.05, 4.69) is 4.90 Å². The number of para-hydroxylation sites is 1. The van der Waals surface area contributed by atoms with Gasteiger partial charge >= 0.3 is 0 Å². The first-order valence-electron chi connectivity index (χ1n) is 8.41. The van der Waals surface area contributed by atoms with Crippen molar-refractivity contribution in [3.05, 3.63) is 60.2 Å². The molecule has 1 N–H and O–H groups in total. The van der Waals surface area contributed by atoms with E-state index in [0.717, 1.165) is 30.2 Å². The fourth-order valence-electron chi connectivity index (χ4n) is 2.50. The number of aliphatic hydroxyl groups excluding tert-OH is 1. The largest absolute Gasteiger partial charge is 0.497 e. The van der Waals surface area contributed by atoms with Gasteiger partial charge in [-0.25, -0.2) is 0 Å². The summed E-state index contributed by atoms with van der Waals surface area (Å²) in [6.45, 7) is 2.86. The van der Waals surface area contributed by atoms with E-state index in [0.29, 0.717) is 13.2 Å². The molecule has 2 aromatic carbocycles. The molecule has 25 heavy (non-hydrogen) atoms. The summed E-state index contributed by atoms with van der Waals surface area (Å²) in [7, 11) is 3.34. The minimum Gasteiger partial charge on any atom is -0.497 e. The van der Waals surface area contributed by atoms with Crippen molar-refractivity contribution in [3.63, 3.8) is 0 Å². The maximum Gasteiger partial charge on any atom is 0.119 e. The van der Waals surface area contributed by atoms with E-state index in [9.17, 15) is 5.11 Å². The lowest BCUT2D eigenvalue weighted by molar-refractivity contribution is 0.0542. The van der Waals surface area contributed by atoms with Crippen molar-refractivity contribution in [2.75, 3.05) is 40.5 Å². The third-order valence-corrected chi connectivity index (χ3v) is 3.83. The van der Waals surface area contributed by atoms with Crippen LogP contribution in [0.3, 0.4) is 0 Å². The maximum atomic E-state index is 10.3. The molecule has 0 bridgehead atoms. The van der Waals surface area contributed by atoms with Crippen molar-refractivity contribution in [1.29, 1.82) is 0 Å². The lowest BCUT2D eigenvalue weighted by atomic mass is 10.2. The van der Waals surface area contributed by atoms with Gasteiger partial charge in [0.1, 0.15) is 24.2 Å². The Morgan fingerprint density at radius 3 is 2.32 bits per heavy atom. The molecule has 0 spiro atoms.